The van der Waals surface area contributed by atoms with Gasteiger partial charge in [0, 0.05) is 13.1 Å². The van der Waals surface area contributed by atoms with Crippen molar-refractivity contribution < 1.29 is 39.6 Å². The van der Waals surface area contributed by atoms with E-state index in [4.69, 9.17) is 20.4 Å². The van der Waals surface area contributed by atoms with Crippen molar-refractivity contribution >= 4 is 42.7 Å². The number of nitrogens with zero attached hydrogens (tertiary/aromatic N) is 2. The summed E-state index contributed by atoms with van der Waals surface area (Å²) >= 11 is 0. The Bertz CT molecular complexity index is 321. The van der Waals surface area contributed by atoms with Crippen LogP contribution in [-0.2, 0) is 19.2 Å². The van der Waals surface area contributed by atoms with E-state index in [2.05, 4.69) is 0 Å². The van der Waals surface area contributed by atoms with Gasteiger partial charge >= 0.3 is 42.7 Å². The normalized spacial score (nSPS) is 10.2. The third kappa shape index (κ3) is 13.1. The molecule has 11 heteroatoms. The van der Waals surface area contributed by atoms with Gasteiger partial charge in [-0.25, -0.2) is 0 Å². The second kappa shape index (κ2) is 11.1. The Hall–Kier alpha value is -1.60. The van der Waals surface area contributed by atoms with Crippen molar-refractivity contribution in [2.45, 2.75) is 0 Å². The maximum atomic E-state index is 10.6. The number of aliphatic carboxylic acids is 4. The van der Waals surface area contributed by atoms with Gasteiger partial charge in [-0.15, -0.1) is 0 Å². The molecule has 0 spiro atoms. The number of hydrogen-bond acceptors (Lipinski definition) is 6. The molecule has 0 aliphatic heterocycles. The van der Waals surface area contributed by atoms with E-state index in [0.29, 0.717) is 0 Å². The van der Waals surface area contributed by atoms with Crippen molar-refractivity contribution in [3.8, 4) is 0 Å². The molecule has 0 amide bonds. The van der Waals surface area contributed by atoms with E-state index in [1.54, 1.807) is 0 Å². The second-order valence-corrected chi connectivity index (χ2v) is 4.00. The fourth-order valence-electron chi connectivity index (χ4n) is 1.48. The zero-order chi connectivity index (χ0) is 15.7. The first kappa shape index (κ1) is 21.7. The number of carboxylic acids is 4. The van der Waals surface area contributed by atoms with Crippen LogP contribution < -0.4 is 0 Å². The molecule has 0 bridgehead atoms. The topological polar surface area (TPSA) is 156 Å². The van der Waals surface area contributed by atoms with E-state index >= 15 is 0 Å². The van der Waals surface area contributed by atoms with Gasteiger partial charge in [0.1, 0.15) is 0 Å². The maximum absolute atomic E-state index is 10.6. The molecule has 21 heavy (non-hydrogen) atoms. The Morgan fingerprint density at radius 2 is 0.762 bits per heavy atom. The van der Waals surface area contributed by atoms with Crippen LogP contribution in [0.15, 0.2) is 0 Å². The van der Waals surface area contributed by atoms with Gasteiger partial charge in [0.15, 0.2) is 0 Å². The van der Waals surface area contributed by atoms with E-state index in [0.717, 1.165) is 9.80 Å². The molecule has 0 aromatic carbocycles. The van der Waals surface area contributed by atoms with Gasteiger partial charge in [-0.2, -0.15) is 0 Å². The van der Waals surface area contributed by atoms with E-state index in [9.17, 15) is 19.2 Å². The Labute approximate surface area is 132 Å². The third-order valence-electron chi connectivity index (χ3n) is 2.17. The number of rotatable bonds is 11. The van der Waals surface area contributed by atoms with Crippen molar-refractivity contribution in [1.82, 2.24) is 9.80 Å². The van der Waals surface area contributed by atoms with Crippen LogP contribution >= 0.6 is 0 Å². The average molecular weight is 300 g/mol. The molecule has 0 unspecified atom stereocenters. The van der Waals surface area contributed by atoms with Crippen molar-refractivity contribution in [1.29, 1.82) is 0 Å². The zero-order valence-corrected chi connectivity index (χ0v) is 10.6. The quantitative estimate of drug-likeness (QED) is 0.296. The van der Waals surface area contributed by atoms with Crippen LogP contribution in [0.1, 0.15) is 0 Å². The molecule has 0 heterocycles. The molecule has 4 N–H and O–H groups in total. The van der Waals surface area contributed by atoms with E-state index in [1.807, 2.05) is 0 Å². The van der Waals surface area contributed by atoms with Crippen LogP contribution in [0.3, 0.4) is 0 Å². The molecule has 10 nitrogen and oxygen atoms in total. The van der Waals surface area contributed by atoms with Crippen molar-refractivity contribution in [3.05, 3.63) is 0 Å². The SMILES string of the molecule is O=C(O)CN(CCN(CC(=O)O)CC(=O)O)CC(=O)O.[LiH]. The summed E-state index contributed by atoms with van der Waals surface area (Å²) in [6.45, 7) is -2.25. The van der Waals surface area contributed by atoms with Crippen molar-refractivity contribution in [2.24, 2.45) is 0 Å². The predicted molar refractivity (Wildman–Crippen MR) is 70.6 cm³/mol. The third-order valence-corrected chi connectivity index (χ3v) is 2.17. The summed E-state index contributed by atoms with van der Waals surface area (Å²) in [4.78, 5) is 44.4. The summed E-state index contributed by atoms with van der Waals surface area (Å²) in [7, 11) is 0. The molecule has 0 aliphatic carbocycles. The Morgan fingerprint density at radius 3 is 0.905 bits per heavy atom. The monoisotopic (exact) mass is 300 g/mol. The van der Waals surface area contributed by atoms with E-state index < -0.39 is 50.1 Å². The summed E-state index contributed by atoms with van der Waals surface area (Å²) in [6.07, 6.45) is 0. The van der Waals surface area contributed by atoms with Crippen LogP contribution in [0.25, 0.3) is 0 Å². The molecule has 0 aliphatic rings. The summed E-state index contributed by atoms with van der Waals surface area (Å²) in [5, 5.41) is 34.5. The molecule has 0 radical (unpaired) electrons. The summed E-state index contributed by atoms with van der Waals surface area (Å²) in [5.74, 6) is -4.91. The zero-order valence-electron chi connectivity index (χ0n) is 10.6. The molecule has 0 saturated heterocycles. The van der Waals surface area contributed by atoms with Crippen LogP contribution in [0.4, 0.5) is 0 Å². The number of hydrogen-bond donors (Lipinski definition) is 4. The fourth-order valence-corrected chi connectivity index (χ4v) is 1.48. The molecular formula is C10H17LiN2O8. The number of carboxylic acid groups (broad SMARTS) is 4. The Kier molecular flexibility index (Phi) is 11.5. The molecule has 0 aromatic heterocycles. The molecule has 0 rings (SSSR count). The van der Waals surface area contributed by atoms with Crippen LogP contribution in [0, 0.1) is 0 Å². The van der Waals surface area contributed by atoms with Gasteiger partial charge in [0.2, 0.25) is 0 Å². The molecular weight excluding hydrogens is 283 g/mol. The van der Waals surface area contributed by atoms with Gasteiger partial charge in [-0.3, -0.25) is 29.0 Å². The predicted octanol–water partition coefficient (Wildman–Crippen LogP) is -2.72. The minimum atomic E-state index is -1.23. The molecule has 0 saturated carbocycles. The van der Waals surface area contributed by atoms with Crippen LogP contribution in [0.2, 0.25) is 0 Å². The first-order valence-electron chi connectivity index (χ1n) is 5.52. The summed E-state index contributed by atoms with van der Waals surface area (Å²) in [6, 6.07) is 0. The second-order valence-electron chi connectivity index (χ2n) is 4.00. The van der Waals surface area contributed by atoms with Crippen LogP contribution in [0.5, 0.6) is 0 Å². The summed E-state index contributed by atoms with van der Waals surface area (Å²) in [5.41, 5.74) is 0. The number of carbonyl (C=O) groups is 4. The van der Waals surface area contributed by atoms with Gasteiger partial charge in [-0.1, -0.05) is 0 Å². The standard InChI is InChI=1S/C10H16N2O8.Li.H/c13-7(14)3-11(4-8(15)16)1-2-12(5-9(17)18)6-10(19)20;;/h1-6H2,(H,13,14)(H,15,16)(H,17,18)(H,19,20);;. The molecule has 0 atom stereocenters. The average Bonchev–Trinajstić information content (AvgIpc) is 2.22. The van der Waals surface area contributed by atoms with Crippen molar-refractivity contribution in [3.63, 3.8) is 0 Å². The first-order valence-corrected chi connectivity index (χ1v) is 5.52. The Morgan fingerprint density at radius 1 is 0.571 bits per heavy atom. The molecule has 116 valence electrons. The summed E-state index contributed by atoms with van der Waals surface area (Å²) < 4.78 is 0. The van der Waals surface area contributed by atoms with Gasteiger partial charge in [0.05, 0.1) is 26.2 Å². The van der Waals surface area contributed by atoms with Crippen LogP contribution in [-0.4, -0.2) is 112 Å². The Balaban J connectivity index is 0. The fraction of sp³-hybridized carbons (Fsp3) is 0.600. The first-order chi connectivity index (χ1) is 9.20. The van der Waals surface area contributed by atoms with E-state index in [1.165, 1.54) is 0 Å². The van der Waals surface area contributed by atoms with Gasteiger partial charge in [-0.05, 0) is 0 Å². The van der Waals surface area contributed by atoms with Crippen molar-refractivity contribution in [2.75, 3.05) is 39.3 Å². The van der Waals surface area contributed by atoms with Gasteiger partial charge in [0.25, 0.3) is 0 Å². The molecule has 0 aromatic rings. The van der Waals surface area contributed by atoms with E-state index in [-0.39, 0.29) is 32.0 Å². The van der Waals surface area contributed by atoms with Gasteiger partial charge < -0.3 is 20.4 Å². The molecule has 0 fully saturated rings. The minimum absolute atomic E-state index is 0.